The molecule has 0 saturated carbocycles. The number of unbranched alkanes of at least 4 members (excludes halogenated alkanes) is 11. The first-order chi connectivity index (χ1) is 14.4. The normalized spacial score (nSPS) is 12.7. The van der Waals surface area contributed by atoms with Gasteiger partial charge in [0.2, 0.25) is 0 Å². The van der Waals surface area contributed by atoms with Crippen LogP contribution in [0.1, 0.15) is 111 Å². The second-order valence-electron chi connectivity index (χ2n) is 7.88. The number of carboxylic acids is 1. The molecule has 31 heavy (non-hydrogen) atoms. The van der Waals surface area contributed by atoms with Gasteiger partial charge in [-0.2, -0.15) is 0 Å². The molecule has 2 atom stereocenters. The third-order valence-electron chi connectivity index (χ3n) is 4.92. The summed E-state index contributed by atoms with van der Waals surface area (Å²) in [5.41, 5.74) is 0. The van der Waals surface area contributed by atoms with Gasteiger partial charge in [0.05, 0.1) is 0 Å². The smallest absolute Gasteiger partial charge is 0.347 e. The maximum atomic E-state index is 11.8. The quantitative estimate of drug-likeness (QED) is 0.120. The minimum atomic E-state index is -1.26. The van der Waals surface area contributed by atoms with E-state index in [0.717, 1.165) is 32.1 Å². The van der Waals surface area contributed by atoms with Crippen LogP contribution in [-0.4, -0.2) is 64.8 Å². The molecule has 0 spiro atoms. The molecular weight excluding hydrogens is 407 g/mol. The van der Waals surface area contributed by atoms with E-state index < -0.39 is 30.1 Å². The minimum absolute atomic E-state index is 0. The van der Waals surface area contributed by atoms with Crippen molar-refractivity contribution in [2.45, 2.75) is 123 Å². The molecule has 0 saturated heterocycles. The molecule has 0 aromatic heterocycles. The van der Waals surface area contributed by atoms with Crippen molar-refractivity contribution in [2.24, 2.45) is 0 Å². The van der Waals surface area contributed by atoms with Crippen LogP contribution in [0.4, 0.5) is 0 Å². The van der Waals surface area contributed by atoms with Crippen molar-refractivity contribution in [3.63, 3.8) is 0 Å². The zero-order chi connectivity index (χ0) is 22.6. The number of hydrogen-bond donors (Lipinski definition) is 1. The van der Waals surface area contributed by atoms with Gasteiger partial charge in [-0.1, -0.05) is 70.4 Å². The summed E-state index contributed by atoms with van der Waals surface area (Å²) in [6, 6.07) is 0. The van der Waals surface area contributed by atoms with E-state index in [9.17, 15) is 14.4 Å². The van der Waals surface area contributed by atoms with Crippen LogP contribution in [0.2, 0.25) is 0 Å². The van der Waals surface area contributed by atoms with Crippen molar-refractivity contribution in [2.75, 3.05) is 0 Å². The van der Waals surface area contributed by atoms with Crippen molar-refractivity contribution in [1.82, 2.24) is 0 Å². The van der Waals surface area contributed by atoms with Crippen molar-refractivity contribution in [3.8, 4) is 0 Å². The van der Waals surface area contributed by atoms with Crippen LogP contribution in [0.5, 0.6) is 0 Å². The monoisotopic (exact) mass is 449 g/mol. The zero-order valence-electron chi connectivity index (χ0n) is 20.2. The number of allylic oxidation sites excluding steroid dienone is 2. The summed E-state index contributed by atoms with van der Waals surface area (Å²) in [6.07, 6.45) is 17.9. The topological polar surface area (TPSA) is 89.9 Å². The van der Waals surface area contributed by atoms with Crippen molar-refractivity contribution >= 4 is 47.5 Å². The van der Waals surface area contributed by atoms with E-state index in [2.05, 4.69) is 23.8 Å². The molecule has 0 fully saturated rings. The van der Waals surface area contributed by atoms with Gasteiger partial charge < -0.3 is 14.6 Å². The Hall–Kier alpha value is -0.850. The molecule has 0 bridgehead atoms. The van der Waals surface area contributed by atoms with E-state index in [1.807, 2.05) is 0 Å². The molecule has 7 heteroatoms. The van der Waals surface area contributed by atoms with Crippen LogP contribution < -0.4 is 0 Å². The molecule has 0 aliphatic rings. The number of hydrogen-bond acceptors (Lipinski definition) is 5. The average molecular weight is 450 g/mol. The number of ether oxygens (including phenoxy) is 2. The summed E-state index contributed by atoms with van der Waals surface area (Å²) in [5, 5.41) is 8.71. The maximum absolute atomic E-state index is 11.8. The van der Waals surface area contributed by atoms with E-state index in [1.165, 1.54) is 65.2 Å². The molecule has 0 amide bonds. The summed E-state index contributed by atoms with van der Waals surface area (Å²) in [7, 11) is 0. The van der Waals surface area contributed by atoms with E-state index in [0.29, 0.717) is 0 Å². The Kier molecular flexibility index (Phi) is 23.3. The van der Waals surface area contributed by atoms with E-state index in [1.54, 1.807) is 0 Å². The first-order valence-corrected chi connectivity index (χ1v) is 11.7. The van der Waals surface area contributed by atoms with Crippen LogP contribution in [-0.2, 0) is 23.9 Å². The second-order valence-corrected chi connectivity index (χ2v) is 7.88. The molecule has 1 N–H and O–H groups in total. The molecule has 0 aliphatic heterocycles. The summed E-state index contributed by atoms with van der Waals surface area (Å²) < 4.78 is 9.68. The molecule has 1 radical (unpaired) electrons. The summed E-state index contributed by atoms with van der Waals surface area (Å²) >= 11 is 0. The van der Waals surface area contributed by atoms with Crippen molar-refractivity contribution in [1.29, 1.82) is 0 Å². The number of rotatable bonds is 19. The van der Waals surface area contributed by atoms with Gasteiger partial charge >= 0.3 is 17.9 Å². The predicted molar refractivity (Wildman–Crippen MR) is 124 cm³/mol. The maximum Gasteiger partial charge on any atom is 0.347 e. The van der Waals surface area contributed by atoms with E-state index in [4.69, 9.17) is 9.84 Å². The number of carbonyl (C=O) groups is 3. The molecule has 0 rings (SSSR count). The molecule has 2 unspecified atom stereocenters. The molecule has 0 aromatic rings. The minimum Gasteiger partial charge on any atom is -0.479 e. The van der Waals surface area contributed by atoms with Crippen LogP contribution >= 0.6 is 0 Å². The molecule has 6 nitrogen and oxygen atoms in total. The van der Waals surface area contributed by atoms with E-state index in [-0.39, 0.29) is 36.0 Å². The SMILES string of the molecule is CCCCCCCC/C=C\CCCCCCCC(=O)OC(C)C(=O)OC(C)C(=O)O.[Na]. The fraction of sp³-hybridized carbons (Fsp3) is 0.792. The van der Waals surface area contributed by atoms with Crippen molar-refractivity contribution < 1.29 is 29.0 Å². The predicted octanol–water partition coefficient (Wildman–Crippen LogP) is 5.59. The Morgan fingerprint density at radius 1 is 0.742 bits per heavy atom. The Morgan fingerprint density at radius 3 is 1.74 bits per heavy atom. The van der Waals surface area contributed by atoms with Gasteiger partial charge in [0.1, 0.15) is 0 Å². The number of carboxylic acid groups (broad SMARTS) is 1. The third-order valence-corrected chi connectivity index (χ3v) is 4.92. The molecule has 0 aromatic carbocycles. The Bertz CT molecular complexity index is 506. The zero-order valence-corrected chi connectivity index (χ0v) is 22.2. The Labute approximate surface area is 210 Å². The largest absolute Gasteiger partial charge is 0.479 e. The average Bonchev–Trinajstić information content (AvgIpc) is 2.70. The van der Waals surface area contributed by atoms with Gasteiger partial charge in [-0.05, 0) is 46.0 Å². The summed E-state index contributed by atoms with van der Waals surface area (Å²) in [5.74, 6) is -2.54. The van der Waals surface area contributed by atoms with Crippen LogP contribution in [0.15, 0.2) is 12.2 Å². The van der Waals surface area contributed by atoms with Gasteiger partial charge in [0, 0.05) is 36.0 Å². The van der Waals surface area contributed by atoms with Gasteiger partial charge in [-0.15, -0.1) is 0 Å². The number of carbonyl (C=O) groups excluding carboxylic acids is 2. The standard InChI is InChI=1S/C24H42O6.Na/c1-4-5-6-7-8-9-10-11-12-13-14-15-16-17-18-19-22(25)29-21(3)24(28)30-20(2)23(26)27;/h11-12,20-21H,4-10,13-19H2,1-3H3,(H,26,27);/b12-11-;. The van der Waals surface area contributed by atoms with Crippen LogP contribution in [0, 0.1) is 0 Å². The van der Waals surface area contributed by atoms with Gasteiger partial charge in [-0.25, -0.2) is 9.59 Å². The Morgan fingerprint density at radius 2 is 1.23 bits per heavy atom. The molecule has 0 aliphatic carbocycles. The summed E-state index contributed by atoms with van der Waals surface area (Å²) in [4.78, 5) is 34.1. The van der Waals surface area contributed by atoms with Crippen molar-refractivity contribution in [3.05, 3.63) is 12.2 Å². The number of esters is 2. The fourth-order valence-electron chi connectivity index (χ4n) is 2.96. The first-order valence-electron chi connectivity index (χ1n) is 11.7. The van der Waals surface area contributed by atoms with Gasteiger partial charge in [0.25, 0.3) is 0 Å². The number of aliphatic carboxylic acids is 1. The van der Waals surface area contributed by atoms with Crippen LogP contribution in [0.3, 0.4) is 0 Å². The van der Waals surface area contributed by atoms with E-state index >= 15 is 0 Å². The molecule has 175 valence electrons. The second kappa shape index (κ2) is 22.3. The Balaban J connectivity index is 0. The van der Waals surface area contributed by atoms with Crippen LogP contribution in [0.25, 0.3) is 0 Å². The summed E-state index contributed by atoms with van der Waals surface area (Å²) in [6.45, 7) is 4.88. The van der Waals surface area contributed by atoms with Gasteiger partial charge in [-0.3, -0.25) is 4.79 Å². The third kappa shape index (κ3) is 20.8. The molecular formula is C24H42NaO6. The fourth-order valence-corrected chi connectivity index (χ4v) is 2.96. The molecule has 0 heterocycles. The first kappa shape index (κ1) is 32.3. The van der Waals surface area contributed by atoms with Gasteiger partial charge in [0.15, 0.2) is 12.2 Å².